The fourth-order valence-electron chi connectivity index (χ4n) is 3.26. The van der Waals surface area contributed by atoms with E-state index in [9.17, 15) is 0 Å². The maximum absolute atomic E-state index is 5.78. The van der Waals surface area contributed by atoms with Gasteiger partial charge in [-0.25, -0.2) is 9.97 Å². The van der Waals surface area contributed by atoms with Crippen LogP contribution >= 0.6 is 0 Å². The highest BCUT2D eigenvalue weighted by molar-refractivity contribution is 5.53. The summed E-state index contributed by atoms with van der Waals surface area (Å²) >= 11 is 0. The van der Waals surface area contributed by atoms with Crippen LogP contribution in [0.25, 0.3) is 11.5 Å². The standard InChI is InChI=1S/C17H19N5O/c1-12-16(21-11-20-12)17-19-6-7-22(17)15-10-23-9-14(15)8-13-2-4-18-5-3-13/h2-7,11,14-15H,8-10H2,1H3,(H,20,21)/t14-,15-/m1/s1. The van der Waals surface area contributed by atoms with Crippen molar-refractivity contribution in [3.05, 3.63) is 54.5 Å². The van der Waals surface area contributed by atoms with E-state index in [2.05, 4.69) is 36.6 Å². The van der Waals surface area contributed by atoms with Gasteiger partial charge in [-0.15, -0.1) is 0 Å². The first-order valence-corrected chi connectivity index (χ1v) is 7.83. The number of rotatable bonds is 4. The molecule has 4 heterocycles. The van der Waals surface area contributed by atoms with Crippen molar-refractivity contribution in [2.24, 2.45) is 5.92 Å². The molecule has 0 unspecified atom stereocenters. The highest BCUT2D eigenvalue weighted by atomic mass is 16.5. The highest BCUT2D eigenvalue weighted by Gasteiger charge is 2.31. The van der Waals surface area contributed by atoms with Crippen LogP contribution in [0.3, 0.4) is 0 Å². The van der Waals surface area contributed by atoms with E-state index in [0.29, 0.717) is 12.5 Å². The zero-order valence-corrected chi connectivity index (χ0v) is 13.0. The molecule has 0 bridgehead atoms. The SMILES string of the molecule is Cc1[nH]cnc1-c1nccn1[C@@H]1COC[C@H]1Cc1ccncc1. The molecule has 1 saturated heterocycles. The molecule has 0 amide bonds. The minimum Gasteiger partial charge on any atom is -0.379 e. The summed E-state index contributed by atoms with van der Waals surface area (Å²) < 4.78 is 7.99. The molecule has 1 fully saturated rings. The number of ether oxygens (including phenoxy) is 1. The lowest BCUT2D eigenvalue weighted by molar-refractivity contribution is 0.181. The summed E-state index contributed by atoms with van der Waals surface area (Å²) in [6, 6.07) is 4.42. The summed E-state index contributed by atoms with van der Waals surface area (Å²) in [5.41, 5.74) is 3.23. The number of nitrogens with one attached hydrogen (secondary N) is 1. The molecule has 0 saturated carbocycles. The first kappa shape index (κ1) is 14.1. The molecule has 1 aliphatic heterocycles. The molecular formula is C17H19N5O. The van der Waals surface area contributed by atoms with Gasteiger partial charge in [0.25, 0.3) is 0 Å². The smallest absolute Gasteiger partial charge is 0.160 e. The fourth-order valence-corrected chi connectivity index (χ4v) is 3.26. The summed E-state index contributed by atoms with van der Waals surface area (Å²) in [5.74, 6) is 1.32. The van der Waals surface area contributed by atoms with Crippen LogP contribution in [0.4, 0.5) is 0 Å². The van der Waals surface area contributed by atoms with Crippen molar-refractivity contribution in [1.82, 2.24) is 24.5 Å². The molecule has 23 heavy (non-hydrogen) atoms. The zero-order chi connectivity index (χ0) is 15.6. The van der Waals surface area contributed by atoms with Crippen LogP contribution in [-0.4, -0.2) is 37.7 Å². The second-order valence-corrected chi connectivity index (χ2v) is 5.96. The number of hydrogen-bond acceptors (Lipinski definition) is 4. The molecule has 1 aliphatic rings. The van der Waals surface area contributed by atoms with Crippen molar-refractivity contribution in [2.45, 2.75) is 19.4 Å². The quantitative estimate of drug-likeness (QED) is 0.803. The first-order valence-electron chi connectivity index (χ1n) is 7.83. The highest BCUT2D eigenvalue weighted by Crippen LogP contribution is 2.32. The summed E-state index contributed by atoms with van der Waals surface area (Å²) in [6.07, 6.45) is 10.2. The molecule has 2 atom stereocenters. The third kappa shape index (κ3) is 2.66. The van der Waals surface area contributed by atoms with Crippen LogP contribution in [0.15, 0.2) is 43.2 Å². The Morgan fingerprint density at radius 1 is 1.22 bits per heavy atom. The Bertz CT molecular complexity index is 779. The Kier molecular flexibility index (Phi) is 3.67. The van der Waals surface area contributed by atoms with Crippen LogP contribution < -0.4 is 0 Å². The molecule has 3 aromatic rings. The van der Waals surface area contributed by atoms with E-state index in [-0.39, 0.29) is 6.04 Å². The average molecular weight is 309 g/mol. The van der Waals surface area contributed by atoms with E-state index in [0.717, 1.165) is 30.2 Å². The predicted molar refractivity (Wildman–Crippen MR) is 85.8 cm³/mol. The fraction of sp³-hybridized carbons (Fsp3) is 0.353. The predicted octanol–water partition coefficient (Wildman–Crippen LogP) is 2.41. The average Bonchev–Trinajstić information content (AvgIpc) is 3.28. The molecule has 6 heteroatoms. The van der Waals surface area contributed by atoms with Crippen LogP contribution in [0, 0.1) is 12.8 Å². The van der Waals surface area contributed by atoms with E-state index < -0.39 is 0 Å². The van der Waals surface area contributed by atoms with Gasteiger partial charge in [0.05, 0.1) is 25.6 Å². The van der Waals surface area contributed by atoms with Crippen molar-refractivity contribution in [2.75, 3.05) is 13.2 Å². The third-order valence-corrected chi connectivity index (χ3v) is 4.48. The van der Waals surface area contributed by atoms with Crippen molar-refractivity contribution in [3.8, 4) is 11.5 Å². The molecule has 0 aliphatic carbocycles. The van der Waals surface area contributed by atoms with Crippen LogP contribution in [-0.2, 0) is 11.2 Å². The zero-order valence-electron chi connectivity index (χ0n) is 13.0. The van der Waals surface area contributed by atoms with Crippen molar-refractivity contribution >= 4 is 0 Å². The number of aromatic nitrogens is 5. The maximum Gasteiger partial charge on any atom is 0.160 e. The lowest BCUT2D eigenvalue weighted by atomic mass is 9.95. The van der Waals surface area contributed by atoms with Gasteiger partial charge in [0.1, 0.15) is 5.69 Å². The van der Waals surface area contributed by atoms with Crippen LogP contribution in [0.1, 0.15) is 17.3 Å². The van der Waals surface area contributed by atoms with Gasteiger partial charge in [0.15, 0.2) is 5.82 Å². The number of hydrogen-bond donors (Lipinski definition) is 1. The molecule has 0 aromatic carbocycles. The van der Waals surface area contributed by atoms with Gasteiger partial charge in [-0.05, 0) is 31.0 Å². The lowest BCUT2D eigenvalue weighted by Crippen LogP contribution is -2.20. The monoisotopic (exact) mass is 309 g/mol. The van der Waals surface area contributed by atoms with Gasteiger partial charge in [0.2, 0.25) is 0 Å². The van der Waals surface area contributed by atoms with E-state index in [1.807, 2.05) is 31.7 Å². The normalized spacial score (nSPS) is 20.9. The summed E-state index contributed by atoms with van der Waals surface area (Å²) in [6.45, 7) is 3.49. The first-order chi connectivity index (χ1) is 11.3. The summed E-state index contributed by atoms with van der Waals surface area (Å²) in [4.78, 5) is 16.1. The number of imidazole rings is 2. The molecule has 1 N–H and O–H groups in total. The number of aromatic amines is 1. The van der Waals surface area contributed by atoms with Gasteiger partial charge in [-0.3, -0.25) is 4.98 Å². The van der Waals surface area contributed by atoms with Gasteiger partial charge in [-0.2, -0.15) is 0 Å². The summed E-state index contributed by atoms with van der Waals surface area (Å²) in [7, 11) is 0. The third-order valence-electron chi connectivity index (χ3n) is 4.48. The largest absolute Gasteiger partial charge is 0.379 e. The van der Waals surface area contributed by atoms with Gasteiger partial charge in [0, 0.05) is 36.4 Å². The molecule has 3 aromatic heterocycles. The van der Waals surface area contributed by atoms with Crippen LogP contribution in [0.5, 0.6) is 0 Å². The second-order valence-electron chi connectivity index (χ2n) is 5.96. The lowest BCUT2D eigenvalue weighted by Gasteiger charge is -2.21. The van der Waals surface area contributed by atoms with E-state index in [4.69, 9.17) is 4.74 Å². The molecule has 118 valence electrons. The Morgan fingerprint density at radius 3 is 2.87 bits per heavy atom. The Morgan fingerprint density at radius 2 is 2.09 bits per heavy atom. The van der Waals surface area contributed by atoms with Crippen LogP contribution in [0.2, 0.25) is 0 Å². The van der Waals surface area contributed by atoms with Crippen molar-refractivity contribution in [3.63, 3.8) is 0 Å². The van der Waals surface area contributed by atoms with E-state index in [1.54, 1.807) is 6.33 Å². The second kappa shape index (κ2) is 5.96. The van der Waals surface area contributed by atoms with E-state index in [1.165, 1.54) is 5.56 Å². The molecule has 0 radical (unpaired) electrons. The Hall–Kier alpha value is -2.47. The van der Waals surface area contributed by atoms with Crippen molar-refractivity contribution in [1.29, 1.82) is 0 Å². The van der Waals surface area contributed by atoms with Gasteiger partial charge in [-0.1, -0.05) is 0 Å². The minimum absolute atomic E-state index is 0.275. The number of nitrogens with zero attached hydrogens (tertiary/aromatic N) is 4. The Balaban J connectivity index is 1.63. The number of aryl methyl sites for hydroxylation is 1. The maximum atomic E-state index is 5.78. The molecule has 4 rings (SSSR count). The minimum atomic E-state index is 0.275. The van der Waals surface area contributed by atoms with Gasteiger partial charge >= 0.3 is 0 Å². The topological polar surface area (TPSA) is 68.6 Å². The van der Waals surface area contributed by atoms with Gasteiger partial charge < -0.3 is 14.3 Å². The summed E-state index contributed by atoms with van der Waals surface area (Å²) in [5, 5.41) is 0. The number of H-pyrrole nitrogens is 1. The molecule has 6 nitrogen and oxygen atoms in total. The molecular weight excluding hydrogens is 290 g/mol. The molecule has 0 spiro atoms. The number of pyridine rings is 1. The van der Waals surface area contributed by atoms with Crippen molar-refractivity contribution < 1.29 is 4.74 Å². The van der Waals surface area contributed by atoms with E-state index >= 15 is 0 Å². The Labute approximate surface area is 134 Å².